The fourth-order valence-corrected chi connectivity index (χ4v) is 4.15. The summed E-state index contributed by atoms with van der Waals surface area (Å²) < 4.78 is 0. The number of hydrogen-bond donors (Lipinski definition) is 1. The van der Waals surface area contributed by atoms with Crippen molar-refractivity contribution in [1.82, 2.24) is 10.2 Å². The molecule has 120 valence electrons. The second-order valence-electron chi connectivity index (χ2n) is 7.47. The Kier molecular flexibility index (Phi) is 4.95. The maximum Gasteiger partial charge on any atom is 0.246 e. The molecule has 2 aliphatic rings. The molecule has 4 nitrogen and oxygen atoms in total. The molecular formula is C17H30N2O2. The summed E-state index contributed by atoms with van der Waals surface area (Å²) in [5, 5.41) is 2.93. The maximum absolute atomic E-state index is 12.9. The number of piperazine rings is 1. The van der Waals surface area contributed by atoms with E-state index in [1.807, 2.05) is 25.7 Å². The van der Waals surface area contributed by atoms with Crippen molar-refractivity contribution in [3.05, 3.63) is 0 Å². The number of nitrogens with one attached hydrogen (secondary N) is 1. The first-order valence-corrected chi connectivity index (χ1v) is 8.47. The number of hydrogen-bond acceptors (Lipinski definition) is 2. The van der Waals surface area contributed by atoms with Gasteiger partial charge in [0.2, 0.25) is 11.8 Å². The van der Waals surface area contributed by atoms with Crippen LogP contribution in [0.4, 0.5) is 0 Å². The van der Waals surface area contributed by atoms with Crippen LogP contribution < -0.4 is 5.32 Å². The molecule has 4 heteroatoms. The van der Waals surface area contributed by atoms with Crippen LogP contribution in [0.5, 0.6) is 0 Å². The monoisotopic (exact) mass is 294 g/mol. The minimum atomic E-state index is -0.354. The van der Waals surface area contributed by atoms with Crippen molar-refractivity contribution in [3.63, 3.8) is 0 Å². The molecule has 1 saturated heterocycles. The van der Waals surface area contributed by atoms with Crippen molar-refractivity contribution in [2.45, 2.75) is 78.4 Å². The highest BCUT2D eigenvalue weighted by Crippen LogP contribution is 2.34. The molecule has 1 heterocycles. The lowest BCUT2D eigenvalue weighted by molar-refractivity contribution is -0.155. The SMILES string of the molecule is CCC1C(=O)NC(C(C)C)C(=O)N1C1CC(C)CC(C)C1. The first-order chi connectivity index (χ1) is 9.85. The van der Waals surface area contributed by atoms with Gasteiger partial charge in [0, 0.05) is 6.04 Å². The molecule has 2 amide bonds. The van der Waals surface area contributed by atoms with Crippen LogP contribution in [-0.2, 0) is 9.59 Å². The minimum Gasteiger partial charge on any atom is -0.342 e. The summed E-state index contributed by atoms with van der Waals surface area (Å²) >= 11 is 0. The maximum atomic E-state index is 12.9. The van der Waals surface area contributed by atoms with Gasteiger partial charge in [0.05, 0.1) is 0 Å². The highest BCUT2D eigenvalue weighted by molar-refractivity contribution is 5.97. The molecule has 2 rings (SSSR count). The van der Waals surface area contributed by atoms with Crippen molar-refractivity contribution in [2.24, 2.45) is 17.8 Å². The molecule has 0 aromatic carbocycles. The van der Waals surface area contributed by atoms with Gasteiger partial charge in [0.1, 0.15) is 12.1 Å². The Bertz CT molecular complexity index is 398. The van der Waals surface area contributed by atoms with Crippen LogP contribution in [0.1, 0.15) is 60.3 Å². The van der Waals surface area contributed by atoms with Gasteiger partial charge in [-0.2, -0.15) is 0 Å². The first kappa shape index (κ1) is 16.3. The normalized spacial score (nSPS) is 37.8. The smallest absolute Gasteiger partial charge is 0.246 e. The van der Waals surface area contributed by atoms with Crippen molar-refractivity contribution < 1.29 is 9.59 Å². The molecule has 1 N–H and O–H groups in total. The van der Waals surface area contributed by atoms with E-state index in [-0.39, 0.29) is 35.9 Å². The van der Waals surface area contributed by atoms with E-state index in [1.54, 1.807) is 0 Å². The molecular weight excluding hydrogens is 264 g/mol. The van der Waals surface area contributed by atoms with E-state index in [4.69, 9.17) is 0 Å². The van der Waals surface area contributed by atoms with E-state index in [0.717, 1.165) is 12.8 Å². The molecule has 0 radical (unpaired) electrons. The predicted molar refractivity (Wildman–Crippen MR) is 83.7 cm³/mol. The molecule has 21 heavy (non-hydrogen) atoms. The number of rotatable bonds is 3. The summed E-state index contributed by atoms with van der Waals surface area (Å²) in [4.78, 5) is 27.2. The Morgan fingerprint density at radius 2 is 1.71 bits per heavy atom. The molecule has 1 aliphatic carbocycles. The van der Waals surface area contributed by atoms with Crippen LogP contribution >= 0.6 is 0 Å². The van der Waals surface area contributed by atoms with Gasteiger partial charge in [0.25, 0.3) is 0 Å². The molecule has 1 saturated carbocycles. The van der Waals surface area contributed by atoms with Gasteiger partial charge in [-0.3, -0.25) is 9.59 Å². The van der Waals surface area contributed by atoms with Crippen LogP contribution in [0.15, 0.2) is 0 Å². The van der Waals surface area contributed by atoms with Gasteiger partial charge >= 0.3 is 0 Å². The van der Waals surface area contributed by atoms with Gasteiger partial charge in [-0.25, -0.2) is 0 Å². The Balaban J connectivity index is 2.26. The summed E-state index contributed by atoms with van der Waals surface area (Å²) in [6, 6.07) is -0.406. The van der Waals surface area contributed by atoms with Crippen molar-refractivity contribution in [3.8, 4) is 0 Å². The van der Waals surface area contributed by atoms with Crippen LogP contribution in [0.2, 0.25) is 0 Å². The largest absolute Gasteiger partial charge is 0.342 e. The number of nitrogens with zero attached hydrogens (tertiary/aromatic N) is 1. The van der Waals surface area contributed by atoms with Crippen molar-refractivity contribution >= 4 is 11.8 Å². The van der Waals surface area contributed by atoms with Gasteiger partial charge in [-0.05, 0) is 43.4 Å². The summed E-state index contributed by atoms with van der Waals surface area (Å²) in [6.45, 7) is 10.5. The summed E-state index contributed by atoms with van der Waals surface area (Å²) in [7, 11) is 0. The number of carbonyl (C=O) groups is 2. The van der Waals surface area contributed by atoms with Gasteiger partial charge in [0.15, 0.2) is 0 Å². The van der Waals surface area contributed by atoms with E-state index in [2.05, 4.69) is 19.2 Å². The van der Waals surface area contributed by atoms with E-state index in [9.17, 15) is 9.59 Å². The lowest BCUT2D eigenvalue weighted by Crippen LogP contribution is -2.67. The summed E-state index contributed by atoms with van der Waals surface area (Å²) in [5.74, 6) is 1.56. The number of carbonyl (C=O) groups excluding carboxylic acids is 2. The van der Waals surface area contributed by atoms with E-state index < -0.39 is 0 Å². The minimum absolute atomic E-state index is 0.0293. The first-order valence-electron chi connectivity index (χ1n) is 8.47. The van der Waals surface area contributed by atoms with E-state index in [1.165, 1.54) is 6.42 Å². The van der Waals surface area contributed by atoms with Crippen molar-refractivity contribution in [1.29, 1.82) is 0 Å². The summed E-state index contributed by atoms with van der Waals surface area (Å²) in [6.07, 6.45) is 3.99. The predicted octanol–water partition coefficient (Wildman–Crippen LogP) is 2.57. The Labute approximate surface area is 128 Å². The van der Waals surface area contributed by atoms with E-state index in [0.29, 0.717) is 18.3 Å². The third kappa shape index (κ3) is 3.24. The molecule has 2 fully saturated rings. The zero-order valence-corrected chi connectivity index (χ0v) is 14.1. The Hall–Kier alpha value is -1.06. The van der Waals surface area contributed by atoms with Crippen LogP contribution in [0, 0.1) is 17.8 Å². The van der Waals surface area contributed by atoms with Crippen LogP contribution in [0.25, 0.3) is 0 Å². The summed E-state index contributed by atoms with van der Waals surface area (Å²) in [5.41, 5.74) is 0. The van der Waals surface area contributed by atoms with Crippen LogP contribution in [-0.4, -0.2) is 34.8 Å². The quantitative estimate of drug-likeness (QED) is 0.869. The standard InChI is InChI=1S/C17H30N2O2/c1-6-14-16(20)18-15(10(2)3)17(21)19(14)13-8-11(4)7-12(5)9-13/h10-15H,6-9H2,1-5H3,(H,18,20). The van der Waals surface area contributed by atoms with Crippen LogP contribution in [0.3, 0.4) is 0 Å². The second-order valence-corrected chi connectivity index (χ2v) is 7.47. The lowest BCUT2D eigenvalue weighted by atomic mass is 9.78. The topological polar surface area (TPSA) is 49.4 Å². The Morgan fingerprint density at radius 1 is 1.14 bits per heavy atom. The van der Waals surface area contributed by atoms with Gasteiger partial charge in [-0.1, -0.05) is 34.6 Å². The van der Waals surface area contributed by atoms with Gasteiger partial charge < -0.3 is 10.2 Å². The zero-order chi connectivity index (χ0) is 15.7. The fourth-order valence-electron chi connectivity index (χ4n) is 4.15. The average Bonchev–Trinajstić information content (AvgIpc) is 2.38. The van der Waals surface area contributed by atoms with Gasteiger partial charge in [-0.15, -0.1) is 0 Å². The number of amides is 2. The fraction of sp³-hybridized carbons (Fsp3) is 0.882. The second kappa shape index (κ2) is 6.37. The van der Waals surface area contributed by atoms with Crippen molar-refractivity contribution in [2.75, 3.05) is 0 Å². The highest BCUT2D eigenvalue weighted by atomic mass is 16.2. The molecule has 4 unspecified atom stereocenters. The Morgan fingerprint density at radius 3 is 2.19 bits per heavy atom. The third-order valence-corrected chi connectivity index (χ3v) is 5.06. The zero-order valence-electron chi connectivity index (χ0n) is 14.1. The van der Waals surface area contributed by atoms with E-state index >= 15 is 0 Å². The molecule has 0 aromatic rings. The molecule has 0 bridgehead atoms. The average molecular weight is 294 g/mol. The molecule has 4 atom stereocenters. The molecule has 0 spiro atoms. The molecule has 0 aromatic heterocycles. The lowest BCUT2D eigenvalue weighted by Gasteiger charge is -2.47. The highest BCUT2D eigenvalue weighted by Gasteiger charge is 2.45. The molecule has 1 aliphatic heterocycles. The third-order valence-electron chi connectivity index (χ3n) is 5.06.